The molecule has 0 aliphatic carbocycles. The average molecular weight is 171 g/mol. The summed E-state index contributed by atoms with van der Waals surface area (Å²) in [5.74, 6) is 0. The Kier molecular flexibility index (Phi) is 2.51. The van der Waals surface area contributed by atoms with E-state index in [2.05, 4.69) is 20.7 Å². The number of hydrogen-bond donors (Lipinski definition) is 2. The topological polar surface area (TPSA) is 72.8 Å². The molecule has 0 aromatic carbocycles. The van der Waals surface area contributed by atoms with Crippen LogP contribution in [0.4, 0.5) is 0 Å². The molecule has 1 aliphatic rings. The first-order valence-corrected chi connectivity index (χ1v) is 3.74. The van der Waals surface area contributed by atoms with Crippen molar-refractivity contribution in [3.05, 3.63) is 10.4 Å². The molecule has 1 rings (SSSR count). The van der Waals surface area contributed by atoms with Crippen molar-refractivity contribution in [2.75, 3.05) is 0 Å². The van der Waals surface area contributed by atoms with Crippen LogP contribution in [0, 0.1) is 0 Å². The van der Waals surface area contributed by atoms with Gasteiger partial charge >= 0.3 is 0 Å². The highest BCUT2D eigenvalue weighted by Gasteiger charge is 2.18. The lowest BCUT2D eigenvalue weighted by atomic mass is 10.2. The van der Waals surface area contributed by atoms with Gasteiger partial charge < -0.3 is 10.6 Å². The second-order valence-electron chi connectivity index (χ2n) is 2.48. The van der Waals surface area contributed by atoms with Gasteiger partial charge in [0.2, 0.25) is 0 Å². The number of nitrogens with one attached hydrogen (secondary N) is 2. The maximum Gasteiger partial charge on any atom is 0.166 e. The zero-order chi connectivity index (χ0) is 8.27. The largest absolute Gasteiger partial charge is 0.360 e. The van der Waals surface area contributed by atoms with Crippen molar-refractivity contribution in [1.82, 2.24) is 10.6 Å². The van der Waals surface area contributed by atoms with Crippen LogP contribution in [-0.2, 0) is 0 Å². The van der Waals surface area contributed by atoms with E-state index >= 15 is 0 Å². The molecule has 1 heterocycles. The molecule has 2 atom stereocenters. The van der Waals surface area contributed by atoms with Crippen LogP contribution in [0.25, 0.3) is 10.4 Å². The molecule has 1 aliphatic heterocycles. The van der Waals surface area contributed by atoms with Crippen LogP contribution in [0.1, 0.15) is 13.3 Å². The molecule has 60 valence electrons. The van der Waals surface area contributed by atoms with Crippen molar-refractivity contribution in [2.24, 2.45) is 5.11 Å². The van der Waals surface area contributed by atoms with Crippen LogP contribution in [0.15, 0.2) is 5.11 Å². The van der Waals surface area contributed by atoms with Crippen molar-refractivity contribution < 1.29 is 0 Å². The fraction of sp³-hybridized carbons (Fsp3) is 0.800. The number of azide groups is 1. The zero-order valence-corrected chi connectivity index (χ0v) is 6.93. The minimum Gasteiger partial charge on any atom is -0.360 e. The summed E-state index contributed by atoms with van der Waals surface area (Å²) in [5.41, 5.74) is 8.15. The Labute approximate surface area is 69.8 Å². The summed E-state index contributed by atoms with van der Waals surface area (Å²) < 4.78 is 0. The smallest absolute Gasteiger partial charge is 0.166 e. The summed E-state index contributed by atoms with van der Waals surface area (Å²) >= 11 is 4.87. The minimum atomic E-state index is -0.191. The molecular weight excluding hydrogens is 162 g/mol. The molecule has 1 fully saturated rings. The third kappa shape index (κ3) is 2.25. The van der Waals surface area contributed by atoms with Gasteiger partial charge in [-0.3, -0.25) is 0 Å². The van der Waals surface area contributed by atoms with Gasteiger partial charge in [-0.1, -0.05) is 5.11 Å². The summed E-state index contributed by atoms with van der Waals surface area (Å²) in [4.78, 5) is 2.70. The summed E-state index contributed by atoms with van der Waals surface area (Å²) in [7, 11) is 0. The molecule has 2 N–H and O–H groups in total. The Morgan fingerprint density at radius 3 is 3.00 bits per heavy atom. The maximum absolute atomic E-state index is 8.15. The van der Waals surface area contributed by atoms with Crippen LogP contribution in [0.5, 0.6) is 0 Å². The monoisotopic (exact) mass is 171 g/mol. The van der Waals surface area contributed by atoms with E-state index in [-0.39, 0.29) is 12.2 Å². The number of nitrogens with zero attached hydrogens (tertiary/aromatic N) is 3. The van der Waals surface area contributed by atoms with Crippen LogP contribution < -0.4 is 10.6 Å². The third-order valence-electron chi connectivity index (χ3n) is 1.44. The van der Waals surface area contributed by atoms with E-state index in [0.717, 1.165) is 6.42 Å². The molecule has 6 heteroatoms. The van der Waals surface area contributed by atoms with E-state index in [1.807, 2.05) is 6.92 Å². The first-order chi connectivity index (χ1) is 5.22. The van der Waals surface area contributed by atoms with Gasteiger partial charge in [-0.15, -0.1) is 0 Å². The molecule has 0 spiro atoms. The predicted octanol–water partition coefficient (Wildman–Crippen LogP) is 0.879. The van der Waals surface area contributed by atoms with Gasteiger partial charge in [0, 0.05) is 11.0 Å². The molecule has 5 nitrogen and oxygen atoms in total. The van der Waals surface area contributed by atoms with E-state index in [1.54, 1.807) is 0 Å². The van der Waals surface area contributed by atoms with E-state index < -0.39 is 0 Å². The third-order valence-corrected chi connectivity index (χ3v) is 1.68. The summed E-state index contributed by atoms with van der Waals surface area (Å²) in [6.45, 7) is 1.99. The summed E-state index contributed by atoms with van der Waals surface area (Å²) in [5, 5.41) is 9.94. The second kappa shape index (κ2) is 3.41. The predicted molar refractivity (Wildman–Crippen MR) is 45.9 cm³/mol. The van der Waals surface area contributed by atoms with E-state index in [4.69, 9.17) is 17.7 Å². The lowest BCUT2D eigenvalue weighted by Crippen LogP contribution is -2.52. The lowest BCUT2D eigenvalue weighted by Gasteiger charge is -2.27. The van der Waals surface area contributed by atoms with Crippen LogP contribution in [-0.4, -0.2) is 17.3 Å². The second-order valence-corrected chi connectivity index (χ2v) is 2.88. The van der Waals surface area contributed by atoms with Gasteiger partial charge in [-0.05, 0) is 31.1 Å². The van der Waals surface area contributed by atoms with Crippen LogP contribution in [0.3, 0.4) is 0 Å². The molecule has 0 amide bonds. The van der Waals surface area contributed by atoms with E-state index in [0.29, 0.717) is 5.11 Å². The number of thiocarbonyl (C=S) groups is 1. The van der Waals surface area contributed by atoms with Crippen molar-refractivity contribution in [1.29, 1.82) is 0 Å². The number of hydrogen-bond acceptors (Lipinski definition) is 2. The highest BCUT2D eigenvalue weighted by atomic mass is 32.1. The molecule has 0 aromatic rings. The molecule has 0 bridgehead atoms. The fourth-order valence-electron chi connectivity index (χ4n) is 1.01. The molecular formula is C5H9N5S. The quantitative estimate of drug-likeness (QED) is 0.266. The molecule has 11 heavy (non-hydrogen) atoms. The van der Waals surface area contributed by atoms with Crippen molar-refractivity contribution in [3.8, 4) is 0 Å². The average Bonchev–Trinajstić information content (AvgIpc) is 1.85. The minimum absolute atomic E-state index is 0.191. The fourth-order valence-corrected chi connectivity index (χ4v) is 1.35. The van der Waals surface area contributed by atoms with Gasteiger partial charge in [0.15, 0.2) is 5.11 Å². The Morgan fingerprint density at radius 1 is 1.73 bits per heavy atom. The van der Waals surface area contributed by atoms with Crippen molar-refractivity contribution in [3.63, 3.8) is 0 Å². The Bertz CT molecular complexity index is 209. The molecule has 0 radical (unpaired) electrons. The maximum atomic E-state index is 8.15. The molecule has 0 aromatic heterocycles. The summed E-state index contributed by atoms with van der Waals surface area (Å²) in [6.07, 6.45) is 0.577. The standard InChI is InChI=1S/C5H9N5S/c1-3-2-4(9-10-6)8-5(11)7-3/h3-4H,2H2,1H3,(H2,7,8,11)/t3-,4-/m1/s1. The van der Waals surface area contributed by atoms with Gasteiger partial charge in [0.05, 0.1) is 0 Å². The first-order valence-electron chi connectivity index (χ1n) is 3.33. The molecule has 1 saturated heterocycles. The van der Waals surface area contributed by atoms with Gasteiger partial charge in [-0.25, -0.2) is 0 Å². The summed E-state index contributed by atoms with van der Waals surface area (Å²) in [6, 6.07) is 0.277. The Hall–Kier alpha value is -1.00. The highest BCUT2D eigenvalue weighted by molar-refractivity contribution is 7.80. The van der Waals surface area contributed by atoms with Gasteiger partial charge in [0.25, 0.3) is 0 Å². The van der Waals surface area contributed by atoms with Crippen molar-refractivity contribution >= 4 is 17.3 Å². The van der Waals surface area contributed by atoms with Crippen LogP contribution >= 0.6 is 12.2 Å². The van der Waals surface area contributed by atoms with E-state index in [1.165, 1.54) is 0 Å². The first kappa shape index (κ1) is 8.10. The van der Waals surface area contributed by atoms with Crippen LogP contribution in [0.2, 0.25) is 0 Å². The van der Waals surface area contributed by atoms with Gasteiger partial charge in [0.1, 0.15) is 6.17 Å². The zero-order valence-electron chi connectivity index (χ0n) is 6.11. The number of rotatable bonds is 1. The van der Waals surface area contributed by atoms with E-state index in [9.17, 15) is 0 Å². The molecule has 0 saturated carbocycles. The normalized spacial score (nSPS) is 29.7. The Morgan fingerprint density at radius 2 is 2.45 bits per heavy atom. The van der Waals surface area contributed by atoms with Crippen molar-refractivity contribution in [2.45, 2.75) is 25.6 Å². The SMILES string of the molecule is C[C@@H]1C[C@@H](N=[N+]=[N-])NC(=S)N1. The van der Waals surface area contributed by atoms with Gasteiger partial charge in [-0.2, -0.15) is 0 Å². The molecule has 0 unspecified atom stereocenters. The Balaban J connectivity index is 2.56. The lowest BCUT2D eigenvalue weighted by molar-refractivity contribution is 0.452. The highest BCUT2D eigenvalue weighted by Crippen LogP contribution is 2.04.